The maximum atomic E-state index is 13.8. The van der Waals surface area contributed by atoms with Gasteiger partial charge in [-0.05, 0) is 24.3 Å². The minimum atomic E-state index is -0.441. The summed E-state index contributed by atoms with van der Waals surface area (Å²) in [5.41, 5.74) is 0.248. The third-order valence-corrected chi connectivity index (χ3v) is 3.93. The van der Waals surface area contributed by atoms with Gasteiger partial charge in [0.25, 0.3) is 0 Å². The number of aromatic nitrogens is 1. The highest BCUT2D eigenvalue weighted by atomic mass is 19.1. The highest BCUT2D eigenvalue weighted by Gasteiger charge is 2.31. The number of para-hydroxylation sites is 1. The zero-order chi connectivity index (χ0) is 16.9. The zero-order valence-corrected chi connectivity index (χ0v) is 13.2. The molecule has 0 radical (unpaired) electrons. The molecular formula is C17H19FN4O2. The quantitative estimate of drug-likeness (QED) is 0.876. The summed E-state index contributed by atoms with van der Waals surface area (Å²) in [7, 11) is 0. The van der Waals surface area contributed by atoms with Crippen LogP contribution in [0.4, 0.5) is 14.9 Å². The minimum Gasteiger partial charge on any atom is -0.353 e. The summed E-state index contributed by atoms with van der Waals surface area (Å²) in [6.07, 6.45) is 3.84. The lowest BCUT2D eigenvalue weighted by atomic mass is 10.3. The van der Waals surface area contributed by atoms with Gasteiger partial charge in [0.2, 0.25) is 5.91 Å². The van der Waals surface area contributed by atoms with Gasteiger partial charge in [0.05, 0.1) is 5.69 Å². The van der Waals surface area contributed by atoms with Crippen LogP contribution in [0.3, 0.4) is 0 Å². The fourth-order valence-corrected chi connectivity index (χ4v) is 2.70. The second-order valence-electron chi connectivity index (χ2n) is 5.58. The number of amides is 3. The first-order valence-electron chi connectivity index (χ1n) is 7.83. The monoisotopic (exact) mass is 330 g/mol. The summed E-state index contributed by atoms with van der Waals surface area (Å²) in [6, 6.07) is 9.63. The standard InChI is InChI=1S/C17H19FN4O2/c18-14-5-1-2-6-15(14)22-12-11-21(17(22)24)13-16(23)19-7-10-20-8-3-4-9-20/h1-6,8-9H,7,10-13H2,(H,19,23). The van der Waals surface area contributed by atoms with E-state index in [1.807, 2.05) is 29.1 Å². The maximum Gasteiger partial charge on any atom is 0.325 e. The average Bonchev–Trinajstić information content (AvgIpc) is 3.19. The number of halogens is 1. The van der Waals surface area contributed by atoms with E-state index in [4.69, 9.17) is 0 Å². The van der Waals surface area contributed by atoms with E-state index >= 15 is 0 Å². The van der Waals surface area contributed by atoms with Gasteiger partial charge in [-0.3, -0.25) is 9.69 Å². The first-order chi connectivity index (χ1) is 11.6. The van der Waals surface area contributed by atoms with E-state index in [0.717, 1.165) is 0 Å². The van der Waals surface area contributed by atoms with Crippen molar-refractivity contribution in [3.63, 3.8) is 0 Å². The van der Waals surface area contributed by atoms with Gasteiger partial charge < -0.3 is 14.8 Å². The molecule has 1 aromatic heterocycles. The lowest BCUT2D eigenvalue weighted by molar-refractivity contribution is -0.121. The second-order valence-corrected chi connectivity index (χ2v) is 5.58. The Hall–Kier alpha value is -2.83. The molecule has 1 aliphatic rings. The molecule has 1 N–H and O–H groups in total. The Morgan fingerprint density at radius 1 is 1.12 bits per heavy atom. The normalized spacial score (nSPS) is 14.3. The molecule has 6 nitrogen and oxygen atoms in total. The van der Waals surface area contributed by atoms with Crippen molar-refractivity contribution in [3.8, 4) is 0 Å². The Bertz CT molecular complexity index is 717. The van der Waals surface area contributed by atoms with E-state index in [1.165, 1.54) is 15.9 Å². The molecule has 1 aromatic carbocycles. The smallest absolute Gasteiger partial charge is 0.325 e. The second kappa shape index (κ2) is 7.16. The molecule has 0 spiro atoms. The van der Waals surface area contributed by atoms with E-state index < -0.39 is 5.82 Å². The first kappa shape index (κ1) is 16.0. The zero-order valence-electron chi connectivity index (χ0n) is 13.2. The predicted molar refractivity (Wildman–Crippen MR) is 88.2 cm³/mol. The van der Waals surface area contributed by atoms with Gasteiger partial charge >= 0.3 is 6.03 Å². The van der Waals surface area contributed by atoms with Gasteiger partial charge in [0.1, 0.15) is 12.4 Å². The summed E-state index contributed by atoms with van der Waals surface area (Å²) in [5.74, 6) is -0.658. The molecule has 0 bridgehead atoms. The molecule has 24 heavy (non-hydrogen) atoms. The largest absolute Gasteiger partial charge is 0.353 e. The van der Waals surface area contributed by atoms with Crippen LogP contribution in [0.15, 0.2) is 48.8 Å². The van der Waals surface area contributed by atoms with Crippen LogP contribution in [-0.2, 0) is 11.3 Å². The number of urea groups is 1. The molecule has 1 saturated heterocycles. The number of hydrogen-bond donors (Lipinski definition) is 1. The molecule has 2 heterocycles. The Kier molecular flexibility index (Phi) is 4.79. The SMILES string of the molecule is O=C(CN1CCN(c2ccccc2F)C1=O)NCCn1cccc1. The lowest BCUT2D eigenvalue weighted by Crippen LogP contribution is -2.40. The fraction of sp³-hybridized carbons (Fsp3) is 0.294. The van der Waals surface area contributed by atoms with Crippen LogP contribution in [0.1, 0.15) is 0 Å². The van der Waals surface area contributed by atoms with Gasteiger partial charge in [0.15, 0.2) is 0 Å². The molecule has 0 unspecified atom stereocenters. The van der Waals surface area contributed by atoms with Crippen LogP contribution >= 0.6 is 0 Å². The van der Waals surface area contributed by atoms with Gasteiger partial charge in [-0.2, -0.15) is 0 Å². The summed E-state index contributed by atoms with van der Waals surface area (Å²) in [4.78, 5) is 27.1. The van der Waals surface area contributed by atoms with E-state index in [0.29, 0.717) is 26.2 Å². The molecule has 1 fully saturated rings. The summed E-state index contributed by atoms with van der Waals surface area (Å²) >= 11 is 0. The summed E-state index contributed by atoms with van der Waals surface area (Å²) < 4.78 is 15.8. The number of hydrogen-bond acceptors (Lipinski definition) is 2. The van der Waals surface area contributed by atoms with E-state index in [-0.39, 0.29) is 24.2 Å². The van der Waals surface area contributed by atoms with Crippen molar-refractivity contribution in [2.24, 2.45) is 0 Å². The average molecular weight is 330 g/mol. The molecule has 0 saturated carbocycles. The van der Waals surface area contributed by atoms with Crippen molar-refractivity contribution >= 4 is 17.6 Å². The van der Waals surface area contributed by atoms with E-state index in [1.54, 1.807) is 18.2 Å². The number of nitrogens with one attached hydrogen (secondary N) is 1. The fourth-order valence-electron chi connectivity index (χ4n) is 2.70. The molecule has 1 aliphatic heterocycles. The minimum absolute atomic E-state index is 0.0184. The van der Waals surface area contributed by atoms with Crippen LogP contribution in [0.5, 0.6) is 0 Å². The van der Waals surface area contributed by atoms with Gasteiger partial charge in [-0.15, -0.1) is 0 Å². The molecule has 126 valence electrons. The van der Waals surface area contributed by atoms with Crippen LogP contribution in [0.2, 0.25) is 0 Å². The number of anilines is 1. The predicted octanol–water partition coefficient (Wildman–Crippen LogP) is 1.69. The van der Waals surface area contributed by atoms with Crippen LogP contribution in [-0.4, -0.2) is 47.6 Å². The van der Waals surface area contributed by atoms with Crippen molar-refractivity contribution in [3.05, 3.63) is 54.6 Å². The molecule has 3 amide bonds. The molecule has 2 aromatic rings. The maximum absolute atomic E-state index is 13.8. The van der Waals surface area contributed by atoms with Crippen molar-refractivity contribution < 1.29 is 14.0 Å². The highest BCUT2D eigenvalue weighted by Crippen LogP contribution is 2.23. The molecule has 0 atom stereocenters. The summed E-state index contributed by atoms with van der Waals surface area (Å²) in [5, 5.41) is 2.79. The Morgan fingerprint density at radius 3 is 2.62 bits per heavy atom. The van der Waals surface area contributed by atoms with Crippen LogP contribution < -0.4 is 10.2 Å². The lowest BCUT2D eigenvalue weighted by Gasteiger charge is -2.18. The molecule has 0 aliphatic carbocycles. The van der Waals surface area contributed by atoms with Crippen molar-refractivity contribution in [2.75, 3.05) is 31.1 Å². The number of nitrogens with zero attached hydrogens (tertiary/aromatic N) is 3. The van der Waals surface area contributed by atoms with E-state index in [9.17, 15) is 14.0 Å². The number of rotatable bonds is 6. The van der Waals surface area contributed by atoms with Crippen molar-refractivity contribution in [2.45, 2.75) is 6.54 Å². The first-order valence-corrected chi connectivity index (χ1v) is 7.83. The van der Waals surface area contributed by atoms with Crippen LogP contribution in [0, 0.1) is 5.82 Å². The number of carbonyl (C=O) groups is 2. The third-order valence-electron chi connectivity index (χ3n) is 3.93. The highest BCUT2D eigenvalue weighted by molar-refractivity contribution is 5.96. The Morgan fingerprint density at radius 2 is 1.88 bits per heavy atom. The topological polar surface area (TPSA) is 57.6 Å². The number of benzene rings is 1. The van der Waals surface area contributed by atoms with E-state index in [2.05, 4.69) is 5.32 Å². The Balaban J connectivity index is 1.50. The van der Waals surface area contributed by atoms with Gasteiger partial charge in [0, 0.05) is 38.6 Å². The molecular weight excluding hydrogens is 311 g/mol. The third kappa shape index (κ3) is 3.56. The molecule has 7 heteroatoms. The molecule has 3 rings (SSSR count). The number of carbonyl (C=O) groups excluding carboxylic acids is 2. The van der Waals surface area contributed by atoms with Gasteiger partial charge in [-0.1, -0.05) is 12.1 Å². The van der Waals surface area contributed by atoms with Crippen LogP contribution in [0.25, 0.3) is 0 Å². The van der Waals surface area contributed by atoms with Gasteiger partial charge in [-0.25, -0.2) is 9.18 Å². The summed E-state index contributed by atoms with van der Waals surface area (Å²) in [6.45, 7) is 1.92. The Labute approximate surface area is 139 Å². The van der Waals surface area contributed by atoms with Crippen molar-refractivity contribution in [1.82, 2.24) is 14.8 Å². The van der Waals surface area contributed by atoms with Crippen molar-refractivity contribution in [1.29, 1.82) is 0 Å².